The topological polar surface area (TPSA) is 29.5 Å². The average molecular weight is 234 g/mol. The van der Waals surface area contributed by atoms with E-state index in [-0.39, 0.29) is 5.22 Å². The highest BCUT2D eigenvalue weighted by atomic mass is 28.4. The second-order valence-electron chi connectivity index (χ2n) is 5.75. The van der Waals surface area contributed by atoms with Gasteiger partial charge in [0.25, 0.3) is 0 Å². The highest BCUT2D eigenvalue weighted by Gasteiger charge is 2.45. The Bertz CT molecular complexity index is 182. The Morgan fingerprint density at radius 1 is 1.14 bits per heavy atom. The average Bonchev–Trinajstić information content (AvgIpc) is 1.79. The highest BCUT2D eigenvalue weighted by molar-refractivity contribution is 6.76. The molecule has 86 valence electrons. The summed E-state index contributed by atoms with van der Waals surface area (Å²) in [4.78, 5) is 10.3. The van der Waals surface area contributed by atoms with Crippen LogP contribution in [0.1, 0.15) is 26.7 Å². The van der Waals surface area contributed by atoms with Gasteiger partial charge in [0.05, 0.1) is 5.22 Å². The molecule has 14 heavy (non-hydrogen) atoms. The summed E-state index contributed by atoms with van der Waals surface area (Å²) in [6.07, 6.45) is 2.03. The Kier molecular flexibility index (Phi) is 4.58. The van der Waals surface area contributed by atoms with Crippen molar-refractivity contribution in [1.82, 2.24) is 0 Å². The summed E-state index contributed by atoms with van der Waals surface area (Å²) < 4.78 is 6.18. The monoisotopic (exact) mass is 234 g/mol. The number of hydrogen-bond acceptors (Lipinski definition) is 2. The lowest BCUT2D eigenvalue weighted by atomic mass is 10.2. The molecule has 0 fully saturated rings. The summed E-state index contributed by atoms with van der Waals surface area (Å²) >= 11 is 0. The Morgan fingerprint density at radius 3 is 1.79 bits per heavy atom. The van der Waals surface area contributed by atoms with Crippen LogP contribution >= 0.6 is 0 Å². The summed E-state index contributed by atoms with van der Waals surface area (Å²) in [5.74, 6) is 0. The smallest absolute Gasteiger partial charge is 0.212 e. The van der Waals surface area contributed by atoms with Crippen LogP contribution in [0.25, 0.3) is 0 Å². The molecule has 0 aliphatic heterocycles. The first-order valence-corrected chi connectivity index (χ1v) is 11.8. The molecule has 1 unspecified atom stereocenters. The Balaban J connectivity index is 4.74. The molecule has 0 aliphatic carbocycles. The van der Waals surface area contributed by atoms with Gasteiger partial charge in [0.2, 0.25) is 8.32 Å². The van der Waals surface area contributed by atoms with Crippen molar-refractivity contribution in [3.8, 4) is 0 Å². The fraction of sp³-hybridized carbons (Fsp3) is 1.00. The van der Waals surface area contributed by atoms with Crippen molar-refractivity contribution in [3.05, 3.63) is 0 Å². The summed E-state index contributed by atoms with van der Waals surface area (Å²) in [6, 6.07) is 0. The fourth-order valence-corrected chi connectivity index (χ4v) is 5.87. The van der Waals surface area contributed by atoms with Crippen LogP contribution in [0.2, 0.25) is 32.7 Å². The van der Waals surface area contributed by atoms with E-state index in [4.69, 9.17) is 4.43 Å². The lowest BCUT2D eigenvalue weighted by Gasteiger charge is -2.43. The molecule has 0 amide bonds. The van der Waals surface area contributed by atoms with Gasteiger partial charge in [-0.2, -0.15) is 0 Å². The Morgan fingerprint density at radius 2 is 1.57 bits per heavy atom. The standard InChI is InChI=1S/C10H26O2Si2/c1-8-9-10(2,14(6,7)11)12-13(3,4)5/h11H,8-9H2,1-7H3. The molecule has 1 N–H and O–H groups in total. The molecular weight excluding hydrogens is 208 g/mol. The maximum atomic E-state index is 10.3. The van der Waals surface area contributed by atoms with Gasteiger partial charge in [-0.1, -0.05) is 13.3 Å². The molecule has 0 aliphatic rings. The molecule has 0 rings (SSSR count). The van der Waals surface area contributed by atoms with E-state index in [0.717, 1.165) is 12.8 Å². The van der Waals surface area contributed by atoms with E-state index in [2.05, 4.69) is 33.5 Å². The zero-order chi connectivity index (χ0) is 11.6. The van der Waals surface area contributed by atoms with Gasteiger partial charge in [-0.15, -0.1) is 0 Å². The first kappa shape index (κ1) is 14.4. The summed E-state index contributed by atoms with van der Waals surface area (Å²) in [6.45, 7) is 14.7. The van der Waals surface area contributed by atoms with E-state index in [0.29, 0.717) is 0 Å². The van der Waals surface area contributed by atoms with E-state index >= 15 is 0 Å². The van der Waals surface area contributed by atoms with Crippen molar-refractivity contribution in [1.29, 1.82) is 0 Å². The molecule has 1 atom stereocenters. The van der Waals surface area contributed by atoms with Gasteiger partial charge in [-0.25, -0.2) is 0 Å². The van der Waals surface area contributed by atoms with Crippen LogP contribution in [0.3, 0.4) is 0 Å². The van der Waals surface area contributed by atoms with Crippen LogP contribution in [0.4, 0.5) is 0 Å². The zero-order valence-electron chi connectivity index (χ0n) is 10.8. The Labute approximate surface area is 90.9 Å². The zero-order valence-corrected chi connectivity index (χ0v) is 12.8. The van der Waals surface area contributed by atoms with Crippen LogP contribution < -0.4 is 0 Å². The molecule has 2 nitrogen and oxygen atoms in total. The molecular formula is C10H26O2Si2. The molecule has 0 spiro atoms. The largest absolute Gasteiger partial charge is 0.429 e. The second kappa shape index (κ2) is 4.47. The summed E-state index contributed by atoms with van der Waals surface area (Å²) in [5, 5.41) is -0.272. The van der Waals surface area contributed by atoms with E-state index in [1.54, 1.807) is 0 Å². The van der Waals surface area contributed by atoms with Crippen molar-refractivity contribution < 1.29 is 9.22 Å². The molecule has 0 saturated heterocycles. The molecule has 4 heteroatoms. The van der Waals surface area contributed by atoms with E-state index in [9.17, 15) is 4.80 Å². The van der Waals surface area contributed by atoms with Gasteiger partial charge < -0.3 is 9.22 Å². The summed E-state index contributed by atoms with van der Waals surface area (Å²) in [7, 11) is -3.79. The first-order chi connectivity index (χ1) is 6.02. The van der Waals surface area contributed by atoms with Gasteiger partial charge in [0.1, 0.15) is 0 Å². The second-order valence-corrected chi connectivity index (χ2v) is 14.4. The lowest BCUT2D eigenvalue weighted by molar-refractivity contribution is 0.126. The fourth-order valence-electron chi connectivity index (χ4n) is 1.63. The minimum Gasteiger partial charge on any atom is -0.429 e. The molecule has 0 aromatic rings. The van der Waals surface area contributed by atoms with E-state index in [1.165, 1.54) is 0 Å². The van der Waals surface area contributed by atoms with Crippen molar-refractivity contribution >= 4 is 16.6 Å². The maximum absolute atomic E-state index is 10.3. The number of rotatable bonds is 5. The minimum atomic E-state index is -2.23. The maximum Gasteiger partial charge on any atom is 0.212 e. The predicted molar refractivity (Wildman–Crippen MR) is 67.4 cm³/mol. The van der Waals surface area contributed by atoms with Crippen molar-refractivity contribution in [2.24, 2.45) is 0 Å². The van der Waals surface area contributed by atoms with E-state index < -0.39 is 16.6 Å². The Hall–Kier alpha value is 0.354. The highest BCUT2D eigenvalue weighted by Crippen LogP contribution is 2.30. The lowest BCUT2D eigenvalue weighted by Crippen LogP contribution is -2.58. The van der Waals surface area contributed by atoms with Crippen LogP contribution in [0.5, 0.6) is 0 Å². The minimum absolute atomic E-state index is 0.272. The molecule has 0 heterocycles. The third kappa shape index (κ3) is 4.25. The molecule has 0 saturated carbocycles. The van der Waals surface area contributed by atoms with Gasteiger partial charge in [-0.05, 0) is 46.1 Å². The third-order valence-electron chi connectivity index (χ3n) is 2.55. The van der Waals surface area contributed by atoms with Gasteiger partial charge >= 0.3 is 0 Å². The SMILES string of the molecule is CCCC(C)(O[Si](C)(C)C)[Si](C)(C)O. The molecule has 0 aromatic heterocycles. The number of hydrogen-bond donors (Lipinski definition) is 1. The van der Waals surface area contributed by atoms with Crippen molar-refractivity contribution in [2.45, 2.75) is 64.6 Å². The normalized spacial score (nSPS) is 18.0. The van der Waals surface area contributed by atoms with Gasteiger partial charge in [-0.3, -0.25) is 0 Å². The van der Waals surface area contributed by atoms with Gasteiger partial charge in [0.15, 0.2) is 8.32 Å². The first-order valence-electron chi connectivity index (χ1n) is 5.44. The molecule has 0 bridgehead atoms. The van der Waals surface area contributed by atoms with E-state index in [1.807, 2.05) is 13.1 Å². The molecule has 0 radical (unpaired) electrons. The van der Waals surface area contributed by atoms with Crippen molar-refractivity contribution in [2.75, 3.05) is 0 Å². The van der Waals surface area contributed by atoms with Crippen LogP contribution in [-0.2, 0) is 4.43 Å². The van der Waals surface area contributed by atoms with Crippen molar-refractivity contribution in [3.63, 3.8) is 0 Å². The van der Waals surface area contributed by atoms with Crippen LogP contribution in [0, 0.1) is 0 Å². The third-order valence-corrected chi connectivity index (χ3v) is 6.76. The summed E-state index contributed by atoms with van der Waals surface area (Å²) in [5.41, 5.74) is 0. The predicted octanol–water partition coefficient (Wildman–Crippen LogP) is 3.13. The quantitative estimate of drug-likeness (QED) is 0.741. The van der Waals surface area contributed by atoms with Crippen LogP contribution in [-0.4, -0.2) is 26.7 Å². The van der Waals surface area contributed by atoms with Crippen LogP contribution in [0.15, 0.2) is 0 Å². The van der Waals surface area contributed by atoms with Gasteiger partial charge in [0, 0.05) is 0 Å². The molecule has 0 aromatic carbocycles.